The van der Waals surface area contributed by atoms with Crippen molar-refractivity contribution in [1.29, 1.82) is 0 Å². The van der Waals surface area contributed by atoms with Crippen molar-refractivity contribution in [2.45, 2.75) is 31.1 Å². The molecular weight excluding hydrogens is 230 g/mol. The van der Waals surface area contributed by atoms with E-state index in [-0.39, 0.29) is 11.7 Å². The predicted molar refractivity (Wildman–Crippen MR) is 62.9 cm³/mol. The van der Waals surface area contributed by atoms with Gasteiger partial charge in [0, 0.05) is 28.9 Å². The molecule has 7 heteroatoms. The van der Waals surface area contributed by atoms with E-state index in [1.807, 2.05) is 6.92 Å². The molecule has 16 heavy (non-hydrogen) atoms. The zero-order valence-corrected chi connectivity index (χ0v) is 10.4. The van der Waals surface area contributed by atoms with Crippen molar-refractivity contribution in [3.63, 3.8) is 0 Å². The zero-order valence-electron chi connectivity index (χ0n) is 9.56. The highest BCUT2D eigenvalue weighted by molar-refractivity contribution is 7.84. The van der Waals surface area contributed by atoms with Gasteiger partial charge in [-0.1, -0.05) is 6.92 Å². The Morgan fingerprint density at radius 2 is 2.00 bits per heavy atom. The summed E-state index contributed by atoms with van der Waals surface area (Å²) in [6.07, 6.45) is 2.06. The molecule has 94 valence electrons. The predicted octanol–water partition coefficient (Wildman–Crippen LogP) is -1.54. The third-order valence-electron chi connectivity index (χ3n) is 2.17. The molecule has 0 aliphatic rings. The van der Waals surface area contributed by atoms with E-state index < -0.39 is 28.7 Å². The van der Waals surface area contributed by atoms with Gasteiger partial charge in [0.15, 0.2) is 0 Å². The molecule has 0 saturated heterocycles. The number of hydrogen-bond donors (Lipinski definition) is 3. The summed E-state index contributed by atoms with van der Waals surface area (Å²) in [5, 5.41) is 2.59. The Balaban J connectivity index is 3.81. The number of carbonyl (C=O) groups is 2. The smallest absolute Gasteiger partial charge is 0.237 e. The fourth-order valence-corrected chi connectivity index (χ4v) is 1.45. The Bertz CT molecular complexity index is 283. The molecule has 0 radical (unpaired) electrons. The monoisotopic (exact) mass is 249 g/mol. The first-order valence-corrected chi connectivity index (χ1v) is 6.60. The van der Waals surface area contributed by atoms with E-state index >= 15 is 0 Å². The summed E-state index contributed by atoms with van der Waals surface area (Å²) in [6, 6.07) is -0.903. The summed E-state index contributed by atoms with van der Waals surface area (Å²) >= 11 is 0. The van der Waals surface area contributed by atoms with Gasteiger partial charge in [-0.15, -0.1) is 0 Å². The van der Waals surface area contributed by atoms with Gasteiger partial charge in [0.25, 0.3) is 0 Å². The molecule has 0 rings (SSSR count). The highest BCUT2D eigenvalue weighted by Gasteiger charge is 2.15. The summed E-state index contributed by atoms with van der Waals surface area (Å²) in [4.78, 5) is 21.8. The van der Waals surface area contributed by atoms with E-state index in [1.165, 1.54) is 0 Å². The molecule has 0 bridgehead atoms. The molecule has 0 aromatic carbocycles. The van der Waals surface area contributed by atoms with Crippen LogP contribution in [0.4, 0.5) is 0 Å². The SMILES string of the molecule is CC(CCNC(=O)C(N)CC(N)=O)S(C)=O. The van der Waals surface area contributed by atoms with Gasteiger partial charge in [-0.3, -0.25) is 13.8 Å². The number of primary amides is 1. The van der Waals surface area contributed by atoms with Crippen LogP contribution in [0.25, 0.3) is 0 Å². The van der Waals surface area contributed by atoms with Crippen molar-refractivity contribution >= 4 is 22.6 Å². The minimum atomic E-state index is -0.903. The van der Waals surface area contributed by atoms with Gasteiger partial charge in [0.1, 0.15) is 0 Å². The maximum Gasteiger partial charge on any atom is 0.237 e. The largest absolute Gasteiger partial charge is 0.370 e. The third-order valence-corrected chi connectivity index (χ3v) is 3.54. The van der Waals surface area contributed by atoms with Crippen LogP contribution in [0.15, 0.2) is 0 Å². The van der Waals surface area contributed by atoms with Gasteiger partial charge < -0.3 is 16.8 Å². The minimum absolute atomic E-state index is 0.0210. The van der Waals surface area contributed by atoms with Crippen LogP contribution in [0.1, 0.15) is 19.8 Å². The number of nitrogens with two attached hydrogens (primary N) is 2. The van der Waals surface area contributed by atoms with Gasteiger partial charge in [-0.05, 0) is 6.42 Å². The van der Waals surface area contributed by atoms with Gasteiger partial charge in [-0.2, -0.15) is 0 Å². The van der Waals surface area contributed by atoms with E-state index in [4.69, 9.17) is 11.5 Å². The molecule has 0 aromatic rings. The Labute approximate surface area is 97.6 Å². The summed E-state index contributed by atoms with van der Waals surface area (Å²) in [7, 11) is -0.902. The maximum absolute atomic E-state index is 11.3. The third kappa shape index (κ3) is 6.52. The number of rotatable bonds is 7. The fraction of sp³-hybridized carbons (Fsp3) is 0.778. The van der Waals surface area contributed by atoms with Gasteiger partial charge in [0.2, 0.25) is 11.8 Å². The summed E-state index contributed by atoms with van der Waals surface area (Å²) in [6.45, 7) is 2.23. The molecule has 0 aliphatic carbocycles. The highest BCUT2D eigenvalue weighted by atomic mass is 32.2. The fourth-order valence-electron chi connectivity index (χ4n) is 1.01. The Morgan fingerprint density at radius 3 is 2.44 bits per heavy atom. The van der Waals surface area contributed by atoms with Crippen LogP contribution < -0.4 is 16.8 Å². The normalized spacial score (nSPS) is 16.2. The van der Waals surface area contributed by atoms with Gasteiger partial charge in [0.05, 0.1) is 12.5 Å². The second-order valence-corrected chi connectivity index (χ2v) is 5.47. The molecule has 0 saturated carbocycles. The molecule has 6 nitrogen and oxygen atoms in total. The van der Waals surface area contributed by atoms with Crippen LogP contribution in [-0.4, -0.2) is 40.1 Å². The van der Waals surface area contributed by atoms with Crippen LogP contribution >= 0.6 is 0 Å². The molecule has 3 unspecified atom stereocenters. The van der Waals surface area contributed by atoms with E-state index in [9.17, 15) is 13.8 Å². The van der Waals surface area contributed by atoms with Crippen LogP contribution in [0, 0.1) is 0 Å². The van der Waals surface area contributed by atoms with Crippen molar-refractivity contribution in [3.05, 3.63) is 0 Å². The average Bonchev–Trinajstić information content (AvgIpc) is 2.15. The number of nitrogens with one attached hydrogen (secondary N) is 1. The van der Waals surface area contributed by atoms with Crippen molar-refractivity contribution in [2.24, 2.45) is 11.5 Å². The minimum Gasteiger partial charge on any atom is -0.370 e. The Hall–Kier alpha value is -0.950. The maximum atomic E-state index is 11.3. The molecule has 0 heterocycles. The zero-order chi connectivity index (χ0) is 12.7. The van der Waals surface area contributed by atoms with E-state index in [0.29, 0.717) is 13.0 Å². The lowest BCUT2D eigenvalue weighted by atomic mass is 10.2. The molecule has 0 aliphatic heterocycles. The molecule has 2 amide bonds. The highest BCUT2D eigenvalue weighted by Crippen LogP contribution is 1.97. The lowest BCUT2D eigenvalue weighted by molar-refractivity contribution is -0.126. The lowest BCUT2D eigenvalue weighted by Crippen LogP contribution is -2.43. The summed E-state index contributed by atoms with van der Waals surface area (Å²) < 4.78 is 11.0. The van der Waals surface area contributed by atoms with Gasteiger partial charge in [-0.25, -0.2) is 0 Å². The van der Waals surface area contributed by atoms with Crippen molar-refractivity contribution in [2.75, 3.05) is 12.8 Å². The quantitative estimate of drug-likeness (QED) is 0.507. The second kappa shape index (κ2) is 7.34. The number of carbonyl (C=O) groups excluding carboxylic acids is 2. The van der Waals surface area contributed by atoms with Crippen LogP contribution in [0.2, 0.25) is 0 Å². The summed E-state index contributed by atoms with van der Waals surface area (Å²) in [5.74, 6) is -1.02. The number of hydrogen-bond acceptors (Lipinski definition) is 4. The molecule has 0 spiro atoms. The number of amides is 2. The molecule has 0 fully saturated rings. The van der Waals surface area contributed by atoms with Crippen molar-refractivity contribution in [3.8, 4) is 0 Å². The van der Waals surface area contributed by atoms with Gasteiger partial charge >= 0.3 is 0 Å². The van der Waals surface area contributed by atoms with Crippen LogP contribution in [0.5, 0.6) is 0 Å². The summed E-state index contributed by atoms with van der Waals surface area (Å²) in [5.41, 5.74) is 10.3. The van der Waals surface area contributed by atoms with E-state index in [2.05, 4.69) is 5.32 Å². The standard InChI is InChI=1S/C9H19N3O3S/c1-6(16(2)15)3-4-12-9(14)7(10)5-8(11)13/h6-7H,3-5,10H2,1-2H3,(H2,11,13)(H,12,14). The topological polar surface area (TPSA) is 115 Å². The van der Waals surface area contributed by atoms with Crippen LogP contribution in [0.3, 0.4) is 0 Å². The van der Waals surface area contributed by atoms with E-state index in [0.717, 1.165) is 0 Å². The second-order valence-electron chi connectivity index (χ2n) is 3.67. The molecule has 5 N–H and O–H groups in total. The first-order chi connectivity index (χ1) is 7.34. The first kappa shape index (κ1) is 15.0. The molecular formula is C9H19N3O3S. The van der Waals surface area contributed by atoms with Crippen molar-refractivity contribution < 1.29 is 13.8 Å². The van der Waals surface area contributed by atoms with Crippen LogP contribution in [-0.2, 0) is 20.4 Å². The Morgan fingerprint density at radius 1 is 1.44 bits per heavy atom. The average molecular weight is 249 g/mol. The Kier molecular flexibility index (Phi) is 6.91. The molecule has 3 atom stereocenters. The molecule has 0 aromatic heterocycles. The lowest BCUT2D eigenvalue weighted by Gasteiger charge is -2.12. The van der Waals surface area contributed by atoms with Crippen molar-refractivity contribution in [1.82, 2.24) is 5.32 Å². The van der Waals surface area contributed by atoms with E-state index in [1.54, 1.807) is 6.26 Å². The first-order valence-electron chi connectivity index (χ1n) is 4.98.